The number of carbonyl (C=O) groups excluding carboxylic acids is 1. The van der Waals surface area contributed by atoms with Gasteiger partial charge < -0.3 is 14.2 Å². The molecule has 1 aliphatic rings. The number of fused-ring (bicyclic) bond motifs is 1. The first-order valence-corrected chi connectivity index (χ1v) is 6.46. The SMILES string of the molecule is C=CC[C@H](OC(=O)C=C(C)C)c1ccc2c(c1)OCO2. The zero-order chi connectivity index (χ0) is 14.5. The number of hydrogen-bond donors (Lipinski definition) is 0. The van der Waals surface area contributed by atoms with Crippen LogP contribution in [0.25, 0.3) is 0 Å². The Kier molecular flexibility index (Phi) is 4.45. The summed E-state index contributed by atoms with van der Waals surface area (Å²) >= 11 is 0. The quantitative estimate of drug-likeness (QED) is 0.468. The largest absolute Gasteiger partial charge is 0.454 e. The highest BCUT2D eigenvalue weighted by molar-refractivity contribution is 5.82. The third-order valence-corrected chi connectivity index (χ3v) is 2.81. The summed E-state index contributed by atoms with van der Waals surface area (Å²) in [5.41, 5.74) is 1.77. The topological polar surface area (TPSA) is 44.8 Å². The molecular weight excluding hydrogens is 256 g/mol. The van der Waals surface area contributed by atoms with Crippen LogP contribution in [0.1, 0.15) is 31.9 Å². The molecule has 0 N–H and O–H groups in total. The molecule has 0 radical (unpaired) electrons. The van der Waals surface area contributed by atoms with Crippen LogP contribution in [0.15, 0.2) is 42.5 Å². The molecule has 2 rings (SSSR count). The van der Waals surface area contributed by atoms with Gasteiger partial charge in [0.25, 0.3) is 0 Å². The predicted octanol–water partition coefficient (Wildman–Crippen LogP) is 3.54. The summed E-state index contributed by atoms with van der Waals surface area (Å²) in [6.07, 6.45) is 3.38. The lowest BCUT2D eigenvalue weighted by Gasteiger charge is -2.16. The Hall–Kier alpha value is -2.23. The monoisotopic (exact) mass is 274 g/mol. The van der Waals surface area contributed by atoms with Crippen molar-refractivity contribution >= 4 is 5.97 Å². The van der Waals surface area contributed by atoms with Gasteiger partial charge in [0, 0.05) is 12.5 Å². The van der Waals surface area contributed by atoms with Crippen molar-refractivity contribution in [3.05, 3.63) is 48.1 Å². The second kappa shape index (κ2) is 6.28. The molecule has 0 aliphatic carbocycles. The molecular formula is C16H18O4. The van der Waals surface area contributed by atoms with Crippen LogP contribution in [0.3, 0.4) is 0 Å². The number of ether oxygens (including phenoxy) is 3. The van der Waals surface area contributed by atoms with E-state index in [1.807, 2.05) is 32.0 Å². The van der Waals surface area contributed by atoms with Crippen LogP contribution in [0.2, 0.25) is 0 Å². The standard InChI is InChI=1S/C16H18O4/c1-4-5-13(20-16(17)8-11(2)3)12-6-7-14-15(9-12)19-10-18-14/h4,6-9,13H,1,5,10H2,2-3H3/t13-/m0/s1. The van der Waals surface area contributed by atoms with Gasteiger partial charge in [0.15, 0.2) is 11.5 Å². The molecule has 1 aromatic carbocycles. The van der Waals surface area contributed by atoms with E-state index in [0.29, 0.717) is 17.9 Å². The Morgan fingerprint density at radius 1 is 1.40 bits per heavy atom. The van der Waals surface area contributed by atoms with Crippen LogP contribution >= 0.6 is 0 Å². The minimum Gasteiger partial charge on any atom is -0.454 e. The lowest BCUT2D eigenvalue weighted by atomic mass is 10.1. The second-order valence-electron chi connectivity index (χ2n) is 4.78. The highest BCUT2D eigenvalue weighted by Gasteiger charge is 2.19. The van der Waals surface area contributed by atoms with Crippen molar-refractivity contribution in [3.8, 4) is 11.5 Å². The maximum absolute atomic E-state index is 11.8. The summed E-state index contributed by atoms with van der Waals surface area (Å²) in [7, 11) is 0. The minimum absolute atomic E-state index is 0.225. The van der Waals surface area contributed by atoms with Crippen molar-refractivity contribution < 1.29 is 19.0 Å². The number of rotatable bonds is 5. The molecule has 0 spiro atoms. The number of carbonyl (C=O) groups is 1. The highest BCUT2D eigenvalue weighted by atomic mass is 16.7. The van der Waals surface area contributed by atoms with Crippen LogP contribution in [0.4, 0.5) is 0 Å². The molecule has 4 heteroatoms. The number of benzene rings is 1. The summed E-state index contributed by atoms with van der Waals surface area (Å²) in [6, 6.07) is 5.53. The highest BCUT2D eigenvalue weighted by Crippen LogP contribution is 2.35. The average molecular weight is 274 g/mol. The molecule has 0 bridgehead atoms. The predicted molar refractivity (Wildman–Crippen MR) is 75.6 cm³/mol. The number of hydrogen-bond acceptors (Lipinski definition) is 4. The molecule has 0 amide bonds. The summed E-state index contributed by atoms with van der Waals surface area (Å²) in [5, 5.41) is 0. The van der Waals surface area contributed by atoms with E-state index in [4.69, 9.17) is 14.2 Å². The Bertz CT molecular complexity index is 541. The summed E-state index contributed by atoms with van der Waals surface area (Å²) in [4.78, 5) is 11.8. The molecule has 1 aromatic rings. The minimum atomic E-state index is -0.370. The van der Waals surface area contributed by atoms with Gasteiger partial charge in [-0.2, -0.15) is 0 Å². The van der Waals surface area contributed by atoms with E-state index in [1.54, 1.807) is 6.08 Å². The first-order valence-electron chi connectivity index (χ1n) is 6.46. The van der Waals surface area contributed by atoms with Gasteiger partial charge in [-0.1, -0.05) is 17.7 Å². The van der Waals surface area contributed by atoms with Crippen LogP contribution in [0.5, 0.6) is 11.5 Å². The second-order valence-corrected chi connectivity index (χ2v) is 4.78. The molecule has 0 saturated heterocycles. The van der Waals surface area contributed by atoms with E-state index in [-0.39, 0.29) is 18.9 Å². The molecule has 0 aromatic heterocycles. The van der Waals surface area contributed by atoms with Crippen molar-refractivity contribution in [1.29, 1.82) is 0 Å². The first-order chi connectivity index (χ1) is 9.60. The molecule has 4 nitrogen and oxygen atoms in total. The fourth-order valence-corrected chi connectivity index (χ4v) is 1.93. The number of allylic oxidation sites excluding steroid dienone is 1. The van der Waals surface area contributed by atoms with E-state index in [0.717, 1.165) is 11.1 Å². The van der Waals surface area contributed by atoms with E-state index in [2.05, 4.69) is 6.58 Å². The van der Waals surface area contributed by atoms with Gasteiger partial charge in [0.1, 0.15) is 6.10 Å². The van der Waals surface area contributed by atoms with Crippen molar-refractivity contribution in [1.82, 2.24) is 0 Å². The van der Waals surface area contributed by atoms with Gasteiger partial charge in [0.05, 0.1) is 0 Å². The fraction of sp³-hybridized carbons (Fsp3) is 0.312. The molecule has 0 fully saturated rings. The normalized spacial score (nSPS) is 13.5. The Morgan fingerprint density at radius 3 is 2.85 bits per heavy atom. The van der Waals surface area contributed by atoms with E-state index in [9.17, 15) is 4.79 Å². The Balaban J connectivity index is 2.18. The van der Waals surface area contributed by atoms with E-state index < -0.39 is 0 Å². The molecule has 0 saturated carbocycles. The van der Waals surface area contributed by atoms with Crippen molar-refractivity contribution in [2.45, 2.75) is 26.4 Å². The molecule has 0 unspecified atom stereocenters. The molecule has 20 heavy (non-hydrogen) atoms. The van der Waals surface area contributed by atoms with Gasteiger partial charge in [-0.3, -0.25) is 0 Å². The Morgan fingerprint density at radius 2 is 2.15 bits per heavy atom. The maximum Gasteiger partial charge on any atom is 0.331 e. The van der Waals surface area contributed by atoms with E-state index >= 15 is 0 Å². The summed E-state index contributed by atoms with van der Waals surface area (Å²) < 4.78 is 16.1. The third-order valence-electron chi connectivity index (χ3n) is 2.81. The zero-order valence-corrected chi connectivity index (χ0v) is 11.7. The van der Waals surface area contributed by atoms with Gasteiger partial charge in [-0.05, 0) is 31.5 Å². The first kappa shape index (κ1) is 14.2. The maximum atomic E-state index is 11.8. The summed E-state index contributed by atoms with van der Waals surface area (Å²) in [6.45, 7) is 7.63. The van der Waals surface area contributed by atoms with Crippen LogP contribution in [0, 0.1) is 0 Å². The molecule has 1 heterocycles. The number of esters is 1. The lowest BCUT2D eigenvalue weighted by Crippen LogP contribution is -2.09. The van der Waals surface area contributed by atoms with Crippen molar-refractivity contribution in [2.75, 3.05) is 6.79 Å². The van der Waals surface area contributed by atoms with E-state index in [1.165, 1.54) is 6.08 Å². The van der Waals surface area contributed by atoms with Gasteiger partial charge in [-0.25, -0.2) is 4.79 Å². The van der Waals surface area contributed by atoms with Gasteiger partial charge in [-0.15, -0.1) is 6.58 Å². The van der Waals surface area contributed by atoms with Crippen molar-refractivity contribution in [3.63, 3.8) is 0 Å². The Labute approximate surface area is 118 Å². The van der Waals surface area contributed by atoms with Crippen LogP contribution < -0.4 is 9.47 Å². The van der Waals surface area contributed by atoms with Gasteiger partial charge in [0.2, 0.25) is 6.79 Å². The molecule has 106 valence electrons. The molecule has 1 atom stereocenters. The van der Waals surface area contributed by atoms with Crippen molar-refractivity contribution in [2.24, 2.45) is 0 Å². The fourth-order valence-electron chi connectivity index (χ4n) is 1.93. The zero-order valence-electron chi connectivity index (χ0n) is 11.7. The molecule has 1 aliphatic heterocycles. The average Bonchev–Trinajstić information content (AvgIpc) is 2.84. The lowest BCUT2D eigenvalue weighted by molar-refractivity contribution is -0.143. The summed E-state index contributed by atoms with van der Waals surface area (Å²) in [5.74, 6) is 1.03. The third kappa shape index (κ3) is 3.41. The smallest absolute Gasteiger partial charge is 0.331 e. The van der Waals surface area contributed by atoms with Crippen LogP contribution in [-0.2, 0) is 9.53 Å². The van der Waals surface area contributed by atoms with Crippen LogP contribution in [-0.4, -0.2) is 12.8 Å². The van der Waals surface area contributed by atoms with Gasteiger partial charge >= 0.3 is 5.97 Å².